The lowest BCUT2D eigenvalue weighted by Gasteiger charge is -2.30. The topological polar surface area (TPSA) is 221 Å². The smallest absolute Gasteiger partial charge is 0.341 e. The van der Waals surface area contributed by atoms with Crippen molar-refractivity contribution in [3.05, 3.63) is 226 Å². The summed E-state index contributed by atoms with van der Waals surface area (Å²) < 4.78 is 19.1. The van der Waals surface area contributed by atoms with Crippen LogP contribution < -0.4 is 14.2 Å². The van der Waals surface area contributed by atoms with Crippen LogP contribution in [0, 0.1) is 83.1 Å². The molecule has 0 fully saturated rings. The number of carboxylic acids is 3. The number of phenols is 4. The predicted octanol–water partition coefficient (Wildman–Crippen LogP) is 13.8. The molecule has 0 aromatic heterocycles. The first-order valence-electron chi connectivity index (χ1n) is 27.5. The molecule has 0 atom stereocenters. The molecule has 0 bridgehead atoms. The standard InChI is InChI=1S/C70H72O13/c1-35-24-57(71)39(5)20-53(35)66(54-21-40(6)58(72)25-36(54)2)64-45(11)48(18-43(9)68(64)81-32-61(75)76)28-51-30-50(47-16-14-13-15-17-47)31-52(70(51)83-34-63(79)80)29-49-19-44(10)69(82-33-62(77)78)65(46(49)12)67(55-22-41(7)59(73)26-37(55)3)56-23-42(8)60(74)27-38(56)4/h13-27,30-31,66-67,71-74H,28-29,32-34H2,1-12H3,(H,75,76)(H,77,78)(H,79,80). The quantitative estimate of drug-likeness (QED) is 0.0354. The third-order valence-electron chi connectivity index (χ3n) is 16.0. The summed E-state index contributed by atoms with van der Waals surface area (Å²) in [5, 5.41) is 74.3. The van der Waals surface area contributed by atoms with Crippen LogP contribution in [-0.4, -0.2) is 73.5 Å². The molecule has 0 amide bonds. The van der Waals surface area contributed by atoms with Crippen LogP contribution in [0.25, 0.3) is 11.1 Å². The van der Waals surface area contributed by atoms with Gasteiger partial charge in [0.2, 0.25) is 0 Å². The van der Waals surface area contributed by atoms with E-state index >= 15 is 0 Å². The average molecular weight is 1120 g/mol. The fourth-order valence-electron chi connectivity index (χ4n) is 11.7. The molecule has 13 heteroatoms. The molecular formula is C70H72O13. The highest BCUT2D eigenvalue weighted by Gasteiger charge is 2.33. The monoisotopic (exact) mass is 1120 g/mol. The molecule has 0 aliphatic carbocycles. The first-order chi connectivity index (χ1) is 39.2. The predicted molar refractivity (Wildman–Crippen MR) is 321 cm³/mol. The van der Waals surface area contributed by atoms with Gasteiger partial charge in [0.25, 0.3) is 0 Å². The second-order valence-corrected chi connectivity index (χ2v) is 22.2. The normalized spacial score (nSPS) is 11.3. The fourth-order valence-corrected chi connectivity index (χ4v) is 11.7. The Morgan fingerprint density at radius 2 is 0.651 bits per heavy atom. The van der Waals surface area contributed by atoms with Crippen molar-refractivity contribution in [3.63, 3.8) is 0 Å². The Labute approximate surface area is 484 Å². The summed E-state index contributed by atoms with van der Waals surface area (Å²) in [5.74, 6) is -3.23. The van der Waals surface area contributed by atoms with Gasteiger partial charge in [0.1, 0.15) is 40.2 Å². The van der Waals surface area contributed by atoms with E-state index in [9.17, 15) is 50.1 Å². The van der Waals surface area contributed by atoms with E-state index in [4.69, 9.17) is 14.2 Å². The summed E-state index contributed by atoms with van der Waals surface area (Å²) in [6.45, 7) is 20.6. The number of aromatic hydroxyl groups is 4. The van der Waals surface area contributed by atoms with Crippen molar-refractivity contribution in [1.29, 1.82) is 0 Å². The second kappa shape index (κ2) is 24.5. The number of carbonyl (C=O) groups is 3. The van der Waals surface area contributed by atoms with Crippen LogP contribution in [0.3, 0.4) is 0 Å². The summed E-state index contributed by atoms with van der Waals surface area (Å²) in [5.41, 5.74) is 17.6. The molecule has 8 aromatic carbocycles. The number of hydrogen-bond donors (Lipinski definition) is 7. The van der Waals surface area contributed by atoms with Crippen LogP contribution in [0.5, 0.6) is 40.2 Å². The van der Waals surface area contributed by atoms with Crippen LogP contribution in [0.1, 0.15) is 134 Å². The number of carboxylic acid groups (broad SMARTS) is 3. The highest BCUT2D eigenvalue weighted by molar-refractivity contribution is 5.73. The molecule has 0 radical (unpaired) electrons. The third-order valence-corrected chi connectivity index (χ3v) is 16.0. The fraction of sp³-hybridized carbons (Fsp3) is 0.271. The van der Waals surface area contributed by atoms with Crippen LogP contribution >= 0.6 is 0 Å². The van der Waals surface area contributed by atoms with Crippen molar-refractivity contribution in [2.45, 2.75) is 108 Å². The minimum Gasteiger partial charge on any atom is -0.508 e. The van der Waals surface area contributed by atoms with Crippen molar-refractivity contribution < 1.29 is 64.3 Å². The van der Waals surface area contributed by atoms with Crippen molar-refractivity contribution in [2.75, 3.05) is 19.8 Å². The number of aryl methyl sites for hydroxylation is 10. The number of phenolic OH excluding ortho intramolecular Hbond substituents is 4. The summed E-state index contributed by atoms with van der Waals surface area (Å²) in [6.07, 6.45) is 0.392. The summed E-state index contributed by atoms with van der Waals surface area (Å²) in [6, 6.07) is 32.3. The van der Waals surface area contributed by atoms with Gasteiger partial charge in [0, 0.05) is 35.8 Å². The maximum atomic E-state index is 12.7. The van der Waals surface area contributed by atoms with Crippen LogP contribution in [0.4, 0.5) is 0 Å². The van der Waals surface area contributed by atoms with E-state index in [1.165, 1.54) is 0 Å². The van der Waals surface area contributed by atoms with E-state index in [1.54, 1.807) is 24.3 Å². The largest absolute Gasteiger partial charge is 0.508 e. The molecule has 83 heavy (non-hydrogen) atoms. The van der Waals surface area contributed by atoms with Gasteiger partial charge in [-0.1, -0.05) is 66.7 Å². The molecule has 0 aliphatic heterocycles. The maximum absolute atomic E-state index is 12.7. The van der Waals surface area contributed by atoms with E-state index in [1.807, 2.05) is 162 Å². The molecule has 0 saturated heterocycles. The first-order valence-corrected chi connectivity index (χ1v) is 27.5. The minimum absolute atomic E-state index is 0.115. The zero-order valence-corrected chi connectivity index (χ0v) is 49.1. The van der Waals surface area contributed by atoms with Gasteiger partial charge in [0.15, 0.2) is 19.8 Å². The van der Waals surface area contributed by atoms with E-state index in [0.717, 1.165) is 77.9 Å². The van der Waals surface area contributed by atoms with E-state index in [-0.39, 0.29) is 35.8 Å². The number of ether oxygens (including phenoxy) is 3. The molecule has 430 valence electrons. The molecule has 0 heterocycles. The first kappa shape index (κ1) is 59.9. The molecule has 0 unspecified atom stereocenters. The molecule has 0 spiro atoms. The van der Waals surface area contributed by atoms with Crippen LogP contribution in [0.15, 0.2) is 103 Å². The Morgan fingerprint density at radius 1 is 0.349 bits per heavy atom. The Balaban J connectivity index is 1.42. The molecule has 0 saturated carbocycles. The lowest BCUT2D eigenvalue weighted by Crippen LogP contribution is -2.17. The van der Waals surface area contributed by atoms with Crippen molar-refractivity contribution in [3.8, 4) is 51.4 Å². The van der Waals surface area contributed by atoms with Crippen LogP contribution in [-0.2, 0) is 27.2 Å². The maximum Gasteiger partial charge on any atom is 0.341 e. The number of benzene rings is 8. The summed E-state index contributed by atoms with van der Waals surface area (Å²) in [4.78, 5) is 37.3. The average Bonchev–Trinajstić information content (AvgIpc) is 3.61. The SMILES string of the molecule is Cc1cc(C(c2cc(C)c(O)cc2C)c2c(C)c(Cc3cc(-c4ccccc4)cc(Cc4cc(C)c(OCC(=O)O)c(C(c5cc(C)c(O)cc5C)c5cc(C)c(O)cc5C)c4C)c3OCC(=O)O)cc(C)c2OCC(=O)O)c(C)cc1O. The summed E-state index contributed by atoms with van der Waals surface area (Å²) >= 11 is 0. The lowest BCUT2D eigenvalue weighted by molar-refractivity contribution is -0.140. The van der Waals surface area contributed by atoms with Gasteiger partial charge in [-0.05, 0) is 242 Å². The lowest BCUT2D eigenvalue weighted by atomic mass is 9.76. The Morgan fingerprint density at radius 3 is 0.952 bits per heavy atom. The Kier molecular flexibility index (Phi) is 17.7. The van der Waals surface area contributed by atoms with Gasteiger partial charge >= 0.3 is 17.9 Å². The molecule has 7 N–H and O–H groups in total. The Bertz CT molecular complexity index is 3540. The van der Waals surface area contributed by atoms with Crippen molar-refractivity contribution >= 4 is 17.9 Å². The van der Waals surface area contributed by atoms with Crippen molar-refractivity contribution in [1.82, 2.24) is 0 Å². The molecule has 0 aliphatic rings. The van der Waals surface area contributed by atoms with E-state index < -0.39 is 49.6 Å². The zero-order chi connectivity index (χ0) is 60.5. The molecule has 8 aromatic rings. The van der Waals surface area contributed by atoms with Gasteiger partial charge in [0.05, 0.1) is 0 Å². The van der Waals surface area contributed by atoms with Gasteiger partial charge in [-0.2, -0.15) is 0 Å². The summed E-state index contributed by atoms with van der Waals surface area (Å²) in [7, 11) is 0. The van der Waals surface area contributed by atoms with Gasteiger partial charge in [-0.25, -0.2) is 14.4 Å². The molecule has 13 nitrogen and oxygen atoms in total. The minimum atomic E-state index is -1.19. The highest BCUT2D eigenvalue weighted by Crippen LogP contribution is 2.49. The zero-order valence-electron chi connectivity index (χ0n) is 49.1. The Hall–Kier alpha value is -9.23. The van der Waals surface area contributed by atoms with E-state index in [0.29, 0.717) is 72.9 Å². The van der Waals surface area contributed by atoms with Crippen molar-refractivity contribution in [2.24, 2.45) is 0 Å². The molecular weight excluding hydrogens is 1050 g/mol. The van der Waals surface area contributed by atoms with Gasteiger partial charge in [-0.3, -0.25) is 0 Å². The molecule has 8 rings (SSSR count). The highest BCUT2D eigenvalue weighted by atomic mass is 16.5. The van der Waals surface area contributed by atoms with E-state index in [2.05, 4.69) is 0 Å². The number of rotatable bonds is 20. The number of aliphatic carboxylic acids is 3. The third kappa shape index (κ3) is 12.6. The van der Waals surface area contributed by atoms with Gasteiger partial charge in [-0.15, -0.1) is 0 Å². The van der Waals surface area contributed by atoms with Gasteiger partial charge < -0.3 is 50.0 Å². The second-order valence-electron chi connectivity index (χ2n) is 22.2. The number of hydrogen-bond acceptors (Lipinski definition) is 10. The van der Waals surface area contributed by atoms with Crippen LogP contribution in [0.2, 0.25) is 0 Å².